The Labute approximate surface area is 188 Å². The molecule has 1 N–H and O–H groups in total. The van der Waals surface area contributed by atoms with Gasteiger partial charge in [-0.2, -0.15) is 0 Å². The molecule has 8 heteroatoms. The molecule has 0 aliphatic carbocycles. The van der Waals surface area contributed by atoms with Crippen molar-refractivity contribution in [3.05, 3.63) is 95.7 Å². The largest absolute Gasteiger partial charge is 0.465 e. The van der Waals surface area contributed by atoms with E-state index in [2.05, 4.69) is 5.32 Å². The zero-order valence-electron chi connectivity index (χ0n) is 17.5. The molecular weight excluding hydrogens is 429 g/mol. The molecule has 0 bridgehead atoms. The van der Waals surface area contributed by atoms with E-state index in [0.717, 1.165) is 12.1 Å². The fourth-order valence-electron chi connectivity index (χ4n) is 2.73. The minimum absolute atomic E-state index is 0.143. The van der Waals surface area contributed by atoms with Crippen LogP contribution in [0.5, 0.6) is 0 Å². The van der Waals surface area contributed by atoms with Gasteiger partial charge in [-0.1, -0.05) is 0 Å². The van der Waals surface area contributed by atoms with Crippen LogP contribution in [0.4, 0.5) is 10.1 Å². The van der Waals surface area contributed by atoms with Gasteiger partial charge in [0.05, 0.1) is 12.7 Å². The monoisotopic (exact) mass is 449 g/mol. The molecule has 0 aliphatic rings. The van der Waals surface area contributed by atoms with Crippen LogP contribution in [0.1, 0.15) is 39.3 Å². The minimum Gasteiger partial charge on any atom is -0.465 e. The lowest BCUT2D eigenvalue weighted by Gasteiger charge is -2.07. The highest BCUT2D eigenvalue weighted by molar-refractivity contribution is 6.07. The molecule has 0 spiro atoms. The molecule has 3 aromatic rings. The Bertz CT molecular complexity index is 1150. The summed E-state index contributed by atoms with van der Waals surface area (Å²) in [6, 6.07) is 14.6. The summed E-state index contributed by atoms with van der Waals surface area (Å²) >= 11 is 0. The van der Waals surface area contributed by atoms with Gasteiger partial charge in [0, 0.05) is 23.2 Å². The van der Waals surface area contributed by atoms with Crippen molar-refractivity contribution in [1.29, 1.82) is 0 Å². The number of amides is 1. The quantitative estimate of drug-likeness (QED) is 0.279. The van der Waals surface area contributed by atoms with Crippen LogP contribution >= 0.6 is 0 Å². The van der Waals surface area contributed by atoms with Gasteiger partial charge in [-0.05, 0) is 72.8 Å². The second kappa shape index (κ2) is 11.3. The highest BCUT2D eigenvalue weighted by Crippen LogP contribution is 2.13. The molecule has 1 aromatic heterocycles. The SMILES string of the molecule is O=C(CCC(=O)OCC(=O)c1ccc(F)cc1)Nc1ccc(C(=O)C=Cc2ccco2)cc1. The molecule has 0 atom stereocenters. The lowest BCUT2D eigenvalue weighted by molar-refractivity contribution is -0.143. The number of rotatable bonds is 10. The number of hydrogen-bond acceptors (Lipinski definition) is 6. The third-order valence-electron chi connectivity index (χ3n) is 4.48. The van der Waals surface area contributed by atoms with Gasteiger partial charge in [-0.3, -0.25) is 19.2 Å². The van der Waals surface area contributed by atoms with Crippen molar-refractivity contribution in [3.63, 3.8) is 0 Å². The summed E-state index contributed by atoms with van der Waals surface area (Å²) < 4.78 is 22.9. The number of allylic oxidation sites excluding steroid dienone is 1. The predicted octanol–water partition coefficient (Wildman–Crippen LogP) is 4.46. The van der Waals surface area contributed by atoms with Gasteiger partial charge in [0.1, 0.15) is 11.6 Å². The Hall–Kier alpha value is -4.33. The highest BCUT2D eigenvalue weighted by Gasteiger charge is 2.12. The van der Waals surface area contributed by atoms with Gasteiger partial charge in [-0.15, -0.1) is 0 Å². The number of ether oxygens (including phenoxy) is 1. The van der Waals surface area contributed by atoms with E-state index in [1.165, 1.54) is 24.5 Å². The van der Waals surface area contributed by atoms with E-state index in [0.29, 0.717) is 17.0 Å². The zero-order valence-corrected chi connectivity index (χ0v) is 17.5. The Morgan fingerprint density at radius 1 is 0.909 bits per heavy atom. The Balaban J connectivity index is 1.40. The van der Waals surface area contributed by atoms with E-state index < -0.39 is 30.1 Å². The van der Waals surface area contributed by atoms with Gasteiger partial charge in [0.25, 0.3) is 0 Å². The summed E-state index contributed by atoms with van der Waals surface area (Å²) in [4.78, 5) is 47.9. The number of nitrogens with one attached hydrogen (secondary N) is 1. The van der Waals surface area contributed by atoms with Gasteiger partial charge < -0.3 is 14.5 Å². The number of anilines is 1. The van der Waals surface area contributed by atoms with Crippen molar-refractivity contribution in [2.75, 3.05) is 11.9 Å². The molecule has 168 valence electrons. The number of Topliss-reactive ketones (excluding diaryl/α,β-unsaturated/α-hetero) is 1. The predicted molar refractivity (Wildman–Crippen MR) is 118 cm³/mol. The zero-order chi connectivity index (χ0) is 23.6. The van der Waals surface area contributed by atoms with Crippen LogP contribution in [0.25, 0.3) is 6.08 Å². The fourth-order valence-corrected chi connectivity index (χ4v) is 2.73. The third kappa shape index (κ3) is 7.39. The number of furan rings is 1. The molecule has 0 radical (unpaired) electrons. The summed E-state index contributed by atoms with van der Waals surface area (Å²) in [5.41, 5.74) is 1.12. The number of carbonyl (C=O) groups is 4. The summed E-state index contributed by atoms with van der Waals surface area (Å²) in [7, 11) is 0. The minimum atomic E-state index is -0.704. The molecule has 7 nitrogen and oxygen atoms in total. The van der Waals surface area contributed by atoms with Gasteiger partial charge in [0.15, 0.2) is 18.2 Å². The Morgan fingerprint density at radius 3 is 2.27 bits per heavy atom. The van der Waals surface area contributed by atoms with E-state index in [1.54, 1.807) is 42.5 Å². The van der Waals surface area contributed by atoms with E-state index in [4.69, 9.17) is 9.15 Å². The first-order valence-electron chi connectivity index (χ1n) is 10.0. The smallest absolute Gasteiger partial charge is 0.306 e. The summed E-state index contributed by atoms with van der Waals surface area (Å²) in [5.74, 6) is -1.73. The molecule has 0 saturated carbocycles. The van der Waals surface area contributed by atoms with E-state index in [9.17, 15) is 23.6 Å². The van der Waals surface area contributed by atoms with Crippen LogP contribution in [-0.2, 0) is 14.3 Å². The van der Waals surface area contributed by atoms with Crippen LogP contribution < -0.4 is 5.32 Å². The number of benzene rings is 2. The van der Waals surface area contributed by atoms with Crippen molar-refractivity contribution in [1.82, 2.24) is 0 Å². The van der Waals surface area contributed by atoms with Crippen molar-refractivity contribution >= 4 is 35.2 Å². The molecular formula is C25H20FNO6. The normalized spacial score (nSPS) is 10.7. The topological polar surface area (TPSA) is 103 Å². The Kier molecular flexibility index (Phi) is 8.02. The summed E-state index contributed by atoms with van der Waals surface area (Å²) in [6.45, 7) is -0.490. The first-order valence-corrected chi connectivity index (χ1v) is 10.0. The lowest BCUT2D eigenvalue weighted by atomic mass is 10.1. The van der Waals surface area contributed by atoms with E-state index >= 15 is 0 Å². The van der Waals surface area contributed by atoms with E-state index in [1.807, 2.05) is 0 Å². The second-order valence-electron chi connectivity index (χ2n) is 6.93. The van der Waals surface area contributed by atoms with Crippen LogP contribution in [0.2, 0.25) is 0 Å². The standard InChI is InChI=1S/C25H20FNO6/c26-19-7-3-18(4-8-19)23(29)16-33-25(31)14-13-24(30)27-20-9-5-17(6-10-20)22(28)12-11-21-2-1-15-32-21/h1-12,15H,13-14,16H2,(H,27,30). The average Bonchev–Trinajstić information content (AvgIpc) is 3.34. The maximum atomic E-state index is 12.9. The van der Waals surface area contributed by atoms with Crippen molar-refractivity contribution in [2.24, 2.45) is 0 Å². The number of hydrogen-bond donors (Lipinski definition) is 1. The van der Waals surface area contributed by atoms with Crippen molar-refractivity contribution in [2.45, 2.75) is 12.8 Å². The maximum Gasteiger partial charge on any atom is 0.306 e. The number of esters is 1. The van der Waals surface area contributed by atoms with Crippen LogP contribution in [0.15, 0.2) is 77.4 Å². The second-order valence-corrected chi connectivity index (χ2v) is 6.93. The van der Waals surface area contributed by atoms with Crippen LogP contribution in [0, 0.1) is 5.82 Å². The summed E-state index contributed by atoms with van der Waals surface area (Å²) in [5, 5.41) is 2.62. The molecule has 1 heterocycles. The molecule has 0 unspecified atom stereocenters. The highest BCUT2D eigenvalue weighted by atomic mass is 19.1. The first-order chi connectivity index (χ1) is 15.9. The molecule has 33 heavy (non-hydrogen) atoms. The third-order valence-corrected chi connectivity index (χ3v) is 4.48. The molecule has 0 aliphatic heterocycles. The Morgan fingerprint density at radius 2 is 1.61 bits per heavy atom. The van der Waals surface area contributed by atoms with Crippen LogP contribution in [0.3, 0.4) is 0 Å². The van der Waals surface area contributed by atoms with E-state index in [-0.39, 0.29) is 24.2 Å². The number of ketones is 2. The number of halogens is 1. The van der Waals surface area contributed by atoms with Crippen LogP contribution in [-0.4, -0.2) is 30.0 Å². The average molecular weight is 449 g/mol. The number of carbonyl (C=O) groups excluding carboxylic acids is 4. The molecule has 0 fully saturated rings. The summed E-state index contributed by atoms with van der Waals surface area (Å²) in [6.07, 6.45) is 4.10. The van der Waals surface area contributed by atoms with Gasteiger partial charge >= 0.3 is 5.97 Å². The molecule has 1 amide bonds. The first kappa shape index (κ1) is 23.3. The van der Waals surface area contributed by atoms with Crippen molar-refractivity contribution in [3.8, 4) is 0 Å². The fraction of sp³-hybridized carbons (Fsp3) is 0.120. The van der Waals surface area contributed by atoms with Crippen molar-refractivity contribution < 1.29 is 32.7 Å². The van der Waals surface area contributed by atoms with Gasteiger partial charge in [0.2, 0.25) is 5.91 Å². The lowest BCUT2D eigenvalue weighted by Crippen LogP contribution is -2.17. The van der Waals surface area contributed by atoms with Gasteiger partial charge in [-0.25, -0.2) is 4.39 Å². The maximum absolute atomic E-state index is 12.9. The molecule has 3 rings (SSSR count). The molecule has 2 aromatic carbocycles. The molecule has 0 saturated heterocycles.